The van der Waals surface area contributed by atoms with Gasteiger partial charge in [0.25, 0.3) is 0 Å². The van der Waals surface area contributed by atoms with Crippen molar-refractivity contribution in [1.29, 1.82) is 0 Å². The topological polar surface area (TPSA) is 37.8 Å². The Bertz CT molecular complexity index is 298. The zero-order valence-corrected chi connectivity index (χ0v) is 11.6. The summed E-state index contributed by atoms with van der Waals surface area (Å²) in [5.74, 6) is 0.650. The molecule has 1 aromatic rings. The van der Waals surface area contributed by atoms with E-state index in [1.54, 1.807) is 11.5 Å². The second kappa shape index (κ2) is 6.97. The molecule has 2 unspecified atom stereocenters. The molecule has 0 amide bonds. The van der Waals surface area contributed by atoms with E-state index in [0.717, 1.165) is 13.0 Å². The molecule has 16 heavy (non-hydrogen) atoms. The van der Waals surface area contributed by atoms with Crippen molar-refractivity contribution in [3.8, 4) is 0 Å². The molecule has 4 heteroatoms. The summed E-state index contributed by atoms with van der Waals surface area (Å²) < 4.78 is 4.09. The van der Waals surface area contributed by atoms with Gasteiger partial charge in [-0.2, -0.15) is 0 Å². The monoisotopic (exact) mass is 241 g/mol. The highest BCUT2D eigenvalue weighted by Gasteiger charge is 2.22. The van der Waals surface area contributed by atoms with Crippen LogP contribution in [0.2, 0.25) is 0 Å². The van der Waals surface area contributed by atoms with E-state index >= 15 is 0 Å². The van der Waals surface area contributed by atoms with Crippen LogP contribution in [0.5, 0.6) is 0 Å². The Kier molecular flexibility index (Phi) is 5.91. The van der Waals surface area contributed by atoms with Gasteiger partial charge >= 0.3 is 0 Å². The van der Waals surface area contributed by atoms with Gasteiger partial charge in [-0.25, -0.2) is 0 Å². The van der Waals surface area contributed by atoms with Crippen LogP contribution in [0.1, 0.15) is 57.1 Å². The molecule has 0 aliphatic carbocycles. The van der Waals surface area contributed by atoms with Gasteiger partial charge in [-0.1, -0.05) is 38.6 Å². The summed E-state index contributed by atoms with van der Waals surface area (Å²) >= 11 is 1.55. The predicted octanol–water partition coefficient (Wildman–Crippen LogP) is 3.19. The van der Waals surface area contributed by atoms with Gasteiger partial charge in [0.1, 0.15) is 0 Å². The lowest BCUT2D eigenvalue weighted by Crippen LogP contribution is -2.27. The summed E-state index contributed by atoms with van der Waals surface area (Å²) in [7, 11) is 0. The van der Waals surface area contributed by atoms with Crippen molar-refractivity contribution in [2.45, 2.75) is 53.0 Å². The quantitative estimate of drug-likeness (QED) is 0.796. The van der Waals surface area contributed by atoms with E-state index in [9.17, 15) is 0 Å². The maximum atomic E-state index is 4.21. The van der Waals surface area contributed by atoms with Gasteiger partial charge in [0.2, 0.25) is 0 Å². The molecule has 1 aromatic heterocycles. The first-order valence-corrected chi connectivity index (χ1v) is 7.06. The highest BCUT2D eigenvalue weighted by Crippen LogP contribution is 2.29. The van der Waals surface area contributed by atoms with Gasteiger partial charge in [0.05, 0.1) is 10.6 Å². The van der Waals surface area contributed by atoms with Crippen LogP contribution in [-0.4, -0.2) is 16.1 Å². The van der Waals surface area contributed by atoms with Crippen LogP contribution < -0.4 is 5.32 Å². The lowest BCUT2D eigenvalue weighted by molar-refractivity contribution is 0.372. The fraction of sp³-hybridized carbons (Fsp3) is 0.833. The first-order valence-electron chi connectivity index (χ1n) is 6.29. The zero-order chi connectivity index (χ0) is 12.0. The summed E-state index contributed by atoms with van der Waals surface area (Å²) in [6, 6.07) is 0.430. The lowest BCUT2D eigenvalue weighted by Gasteiger charge is -2.23. The van der Waals surface area contributed by atoms with Crippen LogP contribution in [0, 0.1) is 5.92 Å². The van der Waals surface area contributed by atoms with Crippen LogP contribution in [0.25, 0.3) is 0 Å². The third kappa shape index (κ3) is 3.25. The molecule has 1 heterocycles. The number of hydrogen-bond acceptors (Lipinski definition) is 4. The van der Waals surface area contributed by atoms with Crippen LogP contribution >= 0.6 is 11.5 Å². The van der Waals surface area contributed by atoms with E-state index in [-0.39, 0.29) is 0 Å². The largest absolute Gasteiger partial charge is 0.309 e. The lowest BCUT2D eigenvalue weighted by atomic mass is 9.94. The second-order valence-corrected chi connectivity index (χ2v) is 5.02. The molecule has 1 rings (SSSR count). The van der Waals surface area contributed by atoms with Crippen molar-refractivity contribution in [3.05, 3.63) is 10.6 Å². The molecule has 0 saturated carbocycles. The van der Waals surface area contributed by atoms with Gasteiger partial charge in [0, 0.05) is 6.04 Å². The number of hydrogen-bond donors (Lipinski definition) is 1. The summed E-state index contributed by atoms with van der Waals surface area (Å²) in [5, 5.41) is 7.78. The van der Waals surface area contributed by atoms with Crippen molar-refractivity contribution >= 4 is 11.5 Å². The van der Waals surface area contributed by atoms with Gasteiger partial charge in [-0.15, -0.1) is 5.10 Å². The Morgan fingerprint density at radius 2 is 2.06 bits per heavy atom. The van der Waals surface area contributed by atoms with Gasteiger partial charge < -0.3 is 5.32 Å². The molecule has 0 aliphatic rings. The molecular formula is C12H23N3S. The van der Waals surface area contributed by atoms with Crippen LogP contribution in [0.3, 0.4) is 0 Å². The molecule has 0 aromatic carbocycles. The molecule has 0 saturated heterocycles. The number of nitrogens with one attached hydrogen (secondary N) is 1. The Morgan fingerprint density at radius 1 is 1.31 bits per heavy atom. The molecule has 0 spiro atoms. The Labute approximate surface area is 103 Å². The normalized spacial score (nSPS) is 15.0. The molecule has 92 valence electrons. The summed E-state index contributed by atoms with van der Waals surface area (Å²) in [5.41, 5.74) is 1.17. The van der Waals surface area contributed by atoms with Crippen molar-refractivity contribution in [2.24, 2.45) is 5.92 Å². The number of rotatable bonds is 7. The third-order valence-corrected chi connectivity index (χ3v) is 3.79. The van der Waals surface area contributed by atoms with Crippen molar-refractivity contribution in [2.75, 3.05) is 6.54 Å². The molecule has 0 radical (unpaired) electrons. The molecule has 0 bridgehead atoms. The molecular weight excluding hydrogens is 218 g/mol. The Morgan fingerprint density at radius 3 is 2.62 bits per heavy atom. The smallest absolute Gasteiger partial charge is 0.0801 e. The molecule has 3 nitrogen and oxygen atoms in total. The average Bonchev–Trinajstić information content (AvgIpc) is 2.73. The number of nitrogens with zero attached hydrogens (tertiary/aromatic N) is 2. The van der Waals surface area contributed by atoms with Crippen LogP contribution in [0.4, 0.5) is 0 Å². The predicted molar refractivity (Wildman–Crippen MR) is 69.8 cm³/mol. The standard InChI is InChI=1S/C12H23N3S/c1-5-8-9(4)11(13-7-3)12-10(6-2)14-15-16-12/h9,11,13H,5-8H2,1-4H3. The van der Waals surface area contributed by atoms with E-state index in [1.807, 2.05) is 0 Å². The molecule has 0 fully saturated rings. The third-order valence-electron chi connectivity index (χ3n) is 2.94. The fourth-order valence-corrected chi connectivity index (χ4v) is 3.04. The maximum absolute atomic E-state index is 4.21. The minimum Gasteiger partial charge on any atom is -0.309 e. The zero-order valence-electron chi connectivity index (χ0n) is 10.8. The maximum Gasteiger partial charge on any atom is 0.0801 e. The number of aryl methyl sites for hydroxylation is 1. The second-order valence-electron chi connectivity index (χ2n) is 4.24. The fourth-order valence-electron chi connectivity index (χ4n) is 2.09. The minimum absolute atomic E-state index is 0.430. The summed E-state index contributed by atoms with van der Waals surface area (Å²) in [4.78, 5) is 1.34. The first kappa shape index (κ1) is 13.6. The Hall–Kier alpha value is -0.480. The molecule has 0 aliphatic heterocycles. The van der Waals surface area contributed by atoms with E-state index < -0.39 is 0 Å². The summed E-state index contributed by atoms with van der Waals surface area (Å²) in [6.07, 6.45) is 3.46. The average molecular weight is 241 g/mol. The Balaban J connectivity index is 2.83. The van der Waals surface area contributed by atoms with Crippen molar-refractivity contribution in [1.82, 2.24) is 14.9 Å². The van der Waals surface area contributed by atoms with E-state index in [0.29, 0.717) is 12.0 Å². The molecule has 1 N–H and O–H groups in total. The van der Waals surface area contributed by atoms with Crippen molar-refractivity contribution in [3.63, 3.8) is 0 Å². The van der Waals surface area contributed by atoms with Gasteiger partial charge in [0.15, 0.2) is 0 Å². The van der Waals surface area contributed by atoms with E-state index in [1.165, 1.54) is 23.4 Å². The first-order chi connectivity index (χ1) is 7.74. The SMILES string of the molecule is CCCC(C)C(NCC)c1snnc1CC. The number of aromatic nitrogens is 2. The van der Waals surface area contributed by atoms with Crippen LogP contribution in [-0.2, 0) is 6.42 Å². The highest BCUT2D eigenvalue weighted by atomic mass is 32.1. The van der Waals surface area contributed by atoms with Gasteiger partial charge in [-0.05, 0) is 36.8 Å². The van der Waals surface area contributed by atoms with Gasteiger partial charge in [-0.3, -0.25) is 0 Å². The minimum atomic E-state index is 0.430. The van der Waals surface area contributed by atoms with Crippen molar-refractivity contribution < 1.29 is 0 Å². The van der Waals surface area contributed by atoms with E-state index in [2.05, 4.69) is 42.6 Å². The van der Waals surface area contributed by atoms with Crippen LogP contribution in [0.15, 0.2) is 0 Å². The van der Waals surface area contributed by atoms with E-state index in [4.69, 9.17) is 0 Å². The highest BCUT2D eigenvalue weighted by molar-refractivity contribution is 7.05. The summed E-state index contributed by atoms with van der Waals surface area (Å²) in [6.45, 7) is 9.86. The molecule has 2 atom stereocenters.